The fourth-order valence-corrected chi connectivity index (χ4v) is 2.40. The zero-order chi connectivity index (χ0) is 16.8. The number of amides is 1. The smallest absolute Gasteiger partial charge is 0.263 e. The van der Waals surface area contributed by atoms with Crippen molar-refractivity contribution in [2.45, 2.75) is 26.2 Å². The Morgan fingerprint density at radius 2 is 1.61 bits per heavy atom. The highest BCUT2D eigenvalue weighted by Gasteiger charge is 2.18. The van der Waals surface area contributed by atoms with Crippen molar-refractivity contribution in [3.63, 3.8) is 0 Å². The average Bonchev–Trinajstić information content (AvgIpc) is 2.60. The average molecular weight is 313 g/mol. The van der Waals surface area contributed by atoms with Crippen LogP contribution in [-0.4, -0.2) is 20.1 Å². The Hall–Kier alpha value is -2.49. The third-order valence-corrected chi connectivity index (χ3v) is 4.00. The summed E-state index contributed by atoms with van der Waals surface area (Å²) in [5.41, 5.74) is 2.40. The summed E-state index contributed by atoms with van der Waals surface area (Å²) in [6.45, 7) is 4.35. The Bertz CT molecular complexity index is 643. The minimum Gasteiger partial charge on any atom is -0.496 e. The monoisotopic (exact) mass is 313 g/mol. The van der Waals surface area contributed by atoms with Gasteiger partial charge < -0.3 is 14.8 Å². The molecule has 0 spiro atoms. The fourth-order valence-electron chi connectivity index (χ4n) is 2.40. The molecule has 0 aliphatic carbocycles. The van der Waals surface area contributed by atoms with Crippen molar-refractivity contribution in [2.24, 2.45) is 0 Å². The second kappa shape index (κ2) is 7.68. The maximum atomic E-state index is 12.6. The summed E-state index contributed by atoms with van der Waals surface area (Å²) in [5.74, 6) is 1.22. The van der Waals surface area contributed by atoms with E-state index in [9.17, 15) is 4.79 Å². The minimum absolute atomic E-state index is 0.254. The molecule has 2 rings (SSSR count). The van der Waals surface area contributed by atoms with Gasteiger partial charge in [0.25, 0.3) is 5.91 Å². The van der Waals surface area contributed by atoms with Gasteiger partial charge in [0, 0.05) is 5.69 Å². The molecule has 2 aromatic carbocycles. The zero-order valence-corrected chi connectivity index (χ0v) is 14.1. The van der Waals surface area contributed by atoms with Crippen molar-refractivity contribution in [3.8, 4) is 11.5 Å². The van der Waals surface area contributed by atoms with Gasteiger partial charge in [0.1, 0.15) is 17.1 Å². The lowest BCUT2D eigenvalue weighted by atomic mass is 9.98. The normalized spacial score (nSPS) is 11.7. The summed E-state index contributed by atoms with van der Waals surface area (Å²) >= 11 is 0. The van der Waals surface area contributed by atoms with Gasteiger partial charge in [-0.25, -0.2) is 0 Å². The van der Waals surface area contributed by atoms with Gasteiger partial charge >= 0.3 is 0 Å². The first-order chi connectivity index (χ1) is 11.1. The largest absolute Gasteiger partial charge is 0.496 e. The SMILES string of the molecule is CC[C@@H](C)c1ccc(NC(=O)c2c(OC)cccc2OC)cc1. The highest BCUT2D eigenvalue weighted by molar-refractivity contribution is 6.08. The summed E-state index contributed by atoms with van der Waals surface area (Å²) in [6.07, 6.45) is 1.09. The van der Waals surface area contributed by atoms with Gasteiger partial charge in [-0.2, -0.15) is 0 Å². The number of methoxy groups -OCH3 is 2. The zero-order valence-electron chi connectivity index (χ0n) is 14.1. The number of carbonyl (C=O) groups excluding carboxylic acids is 1. The number of rotatable bonds is 6. The second-order valence-electron chi connectivity index (χ2n) is 5.42. The Balaban J connectivity index is 2.22. The molecular formula is C19H23NO3. The summed E-state index contributed by atoms with van der Waals surface area (Å²) in [6, 6.07) is 13.2. The molecule has 0 radical (unpaired) electrons. The maximum Gasteiger partial charge on any atom is 0.263 e. The van der Waals surface area contributed by atoms with E-state index in [4.69, 9.17) is 9.47 Å². The van der Waals surface area contributed by atoms with Crippen LogP contribution in [0, 0.1) is 0 Å². The molecule has 0 heterocycles. The Morgan fingerprint density at radius 3 is 2.09 bits per heavy atom. The van der Waals surface area contributed by atoms with Gasteiger partial charge in [0.2, 0.25) is 0 Å². The first-order valence-corrected chi connectivity index (χ1v) is 7.73. The fraction of sp³-hybridized carbons (Fsp3) is 0.316. The van der Waals surface area contributed by atoms with Crippen LogP contribution in [-0.2, 0) is 0 Å². The molecule has 0 saturated carbocycles. The number of carbonyl (C=O) groups is 1. The first kappa shape index (κ1) is 16.9. The van der Waals surface area contributed by atoms with Gasteiger partial charge in [-0.15, -0.1) is 0 Å². The van der Waals surface area contributed by atoms with E-state index in [1.807, 2.05) is 24.3 Å². The highest BCUT2D eigenvalue weighted by atomic mass is 16.5. The molecule has 1 atom stereocenters. The molecule has 4 nitrogen and oxygen atoms in total. The molecule has 23 heavy (non-hydrogen) atoms. The van der Waals surface area contributed by atoms with E-state index in [1.165, 1.54) is 19.8 Å². The predicted molar refractivity (Wildman–Crippen MR) is 92.6 cm³/mol. The molecule has 1 N–H and O–H groups in total. The number of anilines is 1. The number of nitrogens with one attached hydrogen (secondary N) is 1. The molecular weight excluding hydrogens is 290 g/mol. The first-order valence-electron chi connectivity index (χ1n) is 7.73. The summed E-state index contributed by atoms with van der Waals surface area (Å²) in [7, 11) is 3.07. The van der Waals surface area contributed by atoms with Crippen molar-refractivity contribution in [2.75, 3.05) is 19.5 Å². The van der Waals surface area contributed by atoms with E-state index < -0.39 is 0 Å². The van der Waals surface area contributed by atoms with Crippen molar-refractivity contribution >= 4 is 11.6 Å². The third-order valence-electron chi connectivity index (χ3n) is 4.00. The van der Waals surface area contributed by atoms with Crippen molar-refractivity contribution in [3.05, 3.63) is 53.6 Å². The molecule has 1 amide bonds. The standard InChI is InChI=1S/C19H23NO3/c1-5-13(2)14-9-11-15(12-10-14)20-19(21)18-16(22-3)7-6-8-17(18)23-4/h6-13H,5H2,1-4H3,(H,20,21)/t13-/m1/s1. The van der Waals surface area contributed by atoms with Crippen molar-refractivity contribution in [1.29, 1.82) is 0 Å². The van der Waals surface area contributed by atoms with E-state index in [0.29, 0.717) is 23.0 Å². The minimum atomic E-state index is -0.254. The van der Waals surface area contributed by atoms with Crippen LogP contribution >= 0.6 is 0 Å². The van der Waals surface area contributed by atoms with Crippen molar-refractivity contribution in [1.82, 2.24) is 0 Å². The predicted octanol–water partition coefficient (Wildman–Crippen LogP) is 4.47. The van der Waals surface area contributed by atoms with Crippen LogP contribution in [0.4, 0.5) is 5.69 Å². The lowest BCUT2D eigenvalue weighted by molar-refractivity contribution is 0.102. The van der Waals surface area contributed by atoms with Crippen LogP contribution in [0.25, 0.3) is 0 Å². The van der Waals surface area contributed by atoms with Gasteiger partial charge in [-0.05, 0) is 42.2 Å². The van der Waals surface area contributed by atoms with Crippen LogP contribution in [0.5, 0.6) is 11.5 Å². The summed E-state index contributed by atoms with van der Waals surface area (Å²) in [4.78, 5) is 12.6. The van der Waals surface area contributed by atoms with Crippen LogP contribution < -0.4 is 14.8 Å². The van der Waals surface area contributed by atoms with Gasteiger partial charge in [0.05, 0.1) is 14.2 Å². The van der Waals surface area contributed by atoms with E-state index in [1.54, 1.807) is 18.2 Å². The number of hydrogen-bond acceptors (Lipinski definition) is 3. The van der Waals surface area contributed by atoms with E-state index in [2.05, 4.69) is 19.2 Å². The summed E-state index contributed by atoms with van der Waals surface area (Å²) < 4.78 is 10.5. The lowest BCUT2D eigenvalue weighted by Crippen LogP contribution is -2.14. The quantitative estimate of drug-likeness (QED) is 0.856. The highest BCUT2D eigenvalue weighted by Crippen LogP contribution is 2.29. The Morgan fingerprint density at radius 1 is 1.04 bits per heavy atom. The van der Waals surface area contributed by atoms with Gasteiger partial charge in [-0.1, -0.05) is 32.0 Å². The molecule has 0 aliphatic rings. The molecule has 0 fully saturated rings. The van der Waals surface area contributed by atoms with Crippen LogP contribution in [0.1, 0.15) is 42.1 Å². The maximum absolute atomic E-state index is 12.6. The van der Waals surface area contributed by atoms with Gasteiger partial charge in [-0.3, -0.25) is 4.79 Å². The van der Waals surface area contributed by atoms with Crippen molar-refractivity contribution < 1.29 is 14.3 Å². The molecule has 0 aliphatic heterocycles. The number of hydrogen-bond donors (Lipinski definition) is 1. The number of ether oxygens (including phenoxy) is 2. The second-order valence-corrected chi connectivity index (χ2v) is 5.42. The number of benzene rings is 2. The third kappa shape index (κ3) is 3.83. The molecule has 0 bridgehead atoms. The molecule has 4 heteroatoms. The molecule has 0 aromatic heterocycles. The lowest BCUT2D eigenvalue weighted by Gasteiger charge is -2.14. The van der Waals surface area contributed by atoms with Crippen LogP contribution in [0.15, 0.2) is 42.5 Å². The molecule has 122 valence electrons. The Labute approximate surface area is 137 Å². The van der Waals surface area contributed by atoms with E-state index >= 15 is 0 Å². The topological polar surface area (TPSA) is 47.6 Å². The molecule has 0 unspecified atom stereocenters. The summed E-state index contributed by atoms with van der Waals surface area (Å²) in [5, 5.41) is 2.89. The Kier molecular flexibility index (Phi) is 5.63. The van der Waals surface area contributed by atoms with Crippen LogP contribution in [0.2, 0.25) is 0 Å². The van der Waals surface area contributed by atoms with E-state index in [0.717, 1.165) is 12.1 Å². The molecule has 2 aromatic rings. The molecule has 0 saturated heterocycles. The van der Waals surface area contributed by atoms with Crippen LogP contribution in [0.3, 0.4) is 0 Å². The van der Waals surface area contributed by atoms with E-state index in [-0.39, 0.29) is 5.91 Å². The van der Waals surface area contributed by atoms with Gasteiger partial charge in [0.15, 0.2) is 0 Å².